The summed E-state index contributed by atoms with van der Waals surface area (Å²) in [6, 6.07) is 4.59. The number of rotatable bonds is 4. The van der Waals surface area contributed by atoms with Crippen LogP contribution >= 0.6 is 11.3 Å². The number of aryl methyl sites for hydroxylation is 1. The first-order chi connectivity index (χ1) is 9.03. The number of pyridine rings is 1. The van der Waals surface area contributed by atoms with Crippen molar-refractivity contribution in [1.82, 2.24) is 9.71 Å². The van der Waals surface area contributed by atoms with Crippen LogP contribution in [0.15, 0.2) is 34.0 Å². The number of nitriles is 1. The van der Waals surface area contributed by atoms with Gasteiger partial charge in [0, 0.05) is 12.7 Å². The lowest BCUT2D eigenvalue weighted by molar-refractivity contribution is 0.581. The first-order valence-corrected chi connectivity index (χ1v) is 7.83. The van der Waals surface area contributed by atoms with Gasteiger partial charge in [-0.05, 0) is 40.9 Å². The molecular formula is C12H11N3O2S2. The van der Waals surface area contributed by atoms with Crippen LogP contribution in [0.5, 0.6) is 0 Å². The van der Waals surface area contributed by atoms with E-state index in [1.807, 2.05) is 23.8 Å². The smallest absolute Gasteiger partial charge is 0.242 e. The molecule has 0 fully saturated rings. The Hall–Kier alpha value is -1.75. The molecular weight excluding hydrogens is 282 g/mol. The molecule has 5 nitrogen and oxygen atoms in total. The van der Waals surface area contributed by atoms with Crippen LogP contribution in [0.4, 0.5) is 0 Å². The largest absolute Gasteiger partial charge is 0.244 e. The average Bonchev–Trinajstić information content (AvgIpc) is 2.82. The lowest BCUT2D eigenvalue weighted by Gasteiger charge is -2.06. The van der Waals surface area contributed by atoms with Crippen molar-refractivity contribution in [2.24, 2.45) is 0 Å². The van der Waals surface area contributed by atoms with Gasteiger partial charge in [0.25, 0.3) is 0 Å². The number of hydrogen-bond acceptors (Lipinski definition) is 5. The van der Waals surface area contributed by atoms with Gasteiger partial charge in [-0.15, -0.1) is 0 Å². The summed E-state index contributed by atoms with van der Waals surface area (Å²) in [5, 5.41) is 12.5. The van der Waals surface area contributed by atoms with Gasteiger partial charge >= 0.3 is 0 Å². The summed E-state index contributed by atoms with van der Waals surface area (Å²) in [5.41, 5.74) is 2.20. The van der Waals surface area contributed by atoms with E-state index in [4.69, 9.17) is 5.26 Å². The number of nitrogens with zero attached hydrogens (tertiary/aromatic N) is 2. The van der Waals surface area contributed by atoms with Gasteiger partial charge in [0.05, 0.1) is 0 Å². The molecule has 0 spiro atoms. The molecule has 2 heterocycles. The van der Waals surface area contributed by atoms with Gasteiger partial charge in [0.1, 0.15) is 16.7 Å². The second kappa shape index (κ2) is 5.48. The second-order valence-electron chi connectivity index (χ2n) is 3.90. The molecule has 0 aliphatic carbocycles. The Kier molecular flexibility index (Phi) is 3.95. The van der Waals surface area contributed by atoms with E-state index >= 15 is 0 Å². The number of sulfonamides is 1. The Bertz CT molecular complexity index is 712. The van der Waals surface area contributed by atoms with E-state index in [2.05, 4.69) is 9.71 Å². The van der Waals surface area contributed by atoms with Crippen molar-refractivity contribution in [3.63, 3.8) is 0 Å². The van der Waals surface area contributed by atoms with Gasteiger partial charge in [0.2, 0.25) is 10.0 Å². The Morgan fingerprint density at radius 1 is 1.42 bits per heavy atom. The van der Waals surface area contributed by atoms with E-state index in [0.717, 1.165) is 11.1 Å². The van der Waals surface area contributed by atoms with Crippen LogP contribution < -0.4 is 4.72 Å². The summed E-state index contributed by atoms with van der Waals surface area (Å²) in [6.45, 7) is 2.18. The van der Waals surface area contributed by atoms with E-state index in [0.29, 0.717) is 0 Å². The number of hydrogen-bond donors (Lipinski definition) is 1. The highest BCUT2D eigenvalue weighted by Crippen LogP contribution is 2.15. The third-order valence-corrected chi connectivity index (χ3v) is 4.87. The Labute approximate surface area is 115 Å². The standard InChI is InChI=1S/C12H11N3O2S2/c1-9-7-18-8-10(9)5-15-19(16,17)12-3-2-11(4-13)14-6-12/h2-3,6-8,15H,5H2,1H3. The molecule has 1 N–H and O–H groups in total. The fourth-order valence-electron chi connectivity index (χ4n) is 1.43. The molecule has 0 saturated carbocycles. The predicted molar refractivity (Wildman–Crippen MR) is 72.0 cm³/mol. The van der Waals surface area contributed by atoms with Crippen LogP contribution in [0, 0.1) is 18.3 Å². The minimum atomic E-state index is -3.60. The summed E-state index contributed by atoms with van der Waals surface area (Å²) in [5.74, 6) is 0. The molecule has 98 valence electrons. The maximum Gasteiger partial charge on any atom is 0.242 e. The molecule has 0 amide bonds. The van der Waals surface area contributed by atoms with E-state index in [1.54, 1.807) is 0 Å². The molecule has 0 unspecified atom stereocenters. The molecule has 7 heteroatoms. The summed E-state index contributed by atoms with van der Waals surface area (Å²) in [7, 11) is -3.60. The molecule has 0 radical (unpaired) electrons. The Morgan fingerprint density at radius 3 is 2.74 bits per heavy atom. The lowest BCUT2D eigenvalue weighted by Crippen LogP contribution is -2.23. The van der Waals surface area contributed by atoms with E-state index in [-0.39, 0.29) is 17.1 Å². The number of nitrogens with one attached hydrogen (secondary N) is 1. The summed E-state index contributed by atoms with van der Waals surface area (Å²) >= 11 is 1.53. The third-order valence-electron chi connectivity index (χ3n) is 2.58. The van der Waals surface area contributed by atoms with E-state index in [1.165, 1.54) is 29.7 Å². The van der Waals surface area contributed by atoms with Crippen molar-refractivity contribution >= 4 is 21.4 Å². The lowest BCUT2D eigenvalue weighted by atomic mass is 10.2. The molecule has 0 saturated heterocycles. The molecule has 2 aromatic rings. The van der Waals surface area contributed by atoms with Gasteiger partial charge in [-0.25, -0.2) is 18.1 Å². The van der Waals surface area contributed by atoms with Gasteiger partial charge < -0.3 is 0 Å². The monoisotopic (exact) mass is 293 g/mol. The highest BCUT2D eigenvalue weighted by atomic mass is 32.2. The van der Waals surface area contributed by atoms with Crippen molar-refractivity contribution in [3.05, 3.63) is 45.9 Å². The fraction of sp³-hybridized carbons (Fsp3) is 0.167. The van der Waals surface area contributed by atoms with Crippen molar-refractivity contribution in [2.45, 2.75) is 18.4 Å². The van der Waals surface area contributed by atoms with Crippen molar-refractivity contribution in [3.8, 4) is 6.07 Å². The molecule has 2 aromatic heterocycles. The molecule has 0 aromatic carbocycles. The minimum Gasteiger partial charge on any atom is -0.244 e. The van der Waals surface area contributed by atoms with Crippen LogP contribution in [0.1, 0.15) is 16.8 Å². The molecule has 19 heavy (non-hydrogen) atoms. The highest BCUT2D eigenvalue weighted by Gasteiger charge is 2.14. The topological polar surface area (TPSA) is 82.9 Å². The third kappa shape index (κ3) is 3.17. The maximum atomic E-state index is 12.0. The Morgan fingerprint density at radius 2 is 2.21 bits per heavy atom. The first-order valence-electron chi connectivity index (χ1n) is 5.40. The van der Waals surface area contributed by atoms with E-state index < -0.39 is 10.0 Å². The second-order valence-corrected chi connectivity index (χ2v) is 6.41. The van der Waals surface area contributed by atoms with Gasteiger partial charge in [-0.1, -0.05) is 0 Å². The van der Waals surface area contributed by atoms with Gasteiger partial charge in [0.15, 0.2) is 0 Å². The zero-order valence-corrected chi connectivity index (χ0v) is 11.8. The zero-order chi connectivity index (χ0) is 13.9. The minimum absolute atomic E-state index is 0.0550. The number of thiophene rings is 1. The maximum absolute atomic E-state index is 12.0. The molecule has 2 rings (SSSR count). The van der Waals surface area contributed by atoms with Crippen LogP contribution in [-0.4, -0.2) is 13.4 Å². The van der Waals surface area contributed by atoms with Crippen molar-refractivity contribution < 1.29 is 8.42 Å². The summed E-state index contributed by atoms with van der Waals surface area (Å²) in [4.78, 5) is 3.80. The quantitative estimate of drug-likeness (QED) is 0.931. The Balaban J connectivity index is 2.14. The zero-order valence-electron chi connectivity index (χ0n) is 10.1. The van der Waals surface area contributed by atoms with Crippen LogP contribution in [-0.2, 0) is 16.6 Å². The first kappa shape index (κ1) is 13.7. The molecule has 0 aliphatic heterocycles. The highest BCUT2D eigenvalue weighted by molar-refractivity contribution is 7.89. The van der Waals surface area contributed by atoms with E-state index in [9.17, 15) is 8.42 Å². The van der Waals surface area contributed by atoms with Crippen molar-refractivity contribution in [1.29, 1.82) is 5.26 Å². The van der Waals surface area contributed by atoms with Crippen LogP contribution in [0.3, 0.4) is 0 Å². The van der Waals surface area contributed by atoms with Crippen LogP contribution in [0.25, 0.3) is 0 Å². The van der Waals surface area contributed by atoms with Gasteiger partial charge in [-0.2, -0.15) is 16.6 Å². The molecule has 0 atom stereocenters. The average molecular weight is 293 g/mol. The summed E-state index contributed by atoms with van der Waals surface area (Å²) in [6.07, 6.45) is 1.18. The van der Waals surface area contributed by atoms with Crippen LogP contribution in [0.2, 0.25) is 0 Å². The predicted octanol–water partition coefficient (Wildman–Crippen LogP) is 1.80. The fourth-order valence-corrected chi connectivity index (χ4v) is 3.24. The normalized spacial score (nSPS) is 11.2. The molecule has 0 bridgehead atoms. The number of aromatic nitrogens is 1. The molecule has 0 aliphatic rings. The van der Waals surface area contributed by atoms with Gasteiger partial charge in [-0.3, -0.25) is 0 Å². The summed E-state index contributed by atoms with van der Waals surface area (Å²) < 4.78 is 26.5. The van der Waals surface area contributed by atoms with Crippen molar-refractivity contribution in [2.75, 3.05) is 0 Å². The SMILES string of the molecule is Cc1cscc1CNS(=O)(=O)c1ccc(C#N)nc1.